The van der Waals surface area contributed by atoms with Gasteiger partial charge in [-0.3, -0.25) is 0 Å². The molecule has 1 heteroatoms. The molecule has 0 atom stereocenters. The number of anilines is 3. The molecule has 0 aromatic heterocycles. The van der Waals surface area contributed by atoms with Crippen LogP contribution in [0.25, 0.3) is 22.3 Å². The van der Waals surface area contributed by atoms with Crippen LogP contribution in [0.1, 0.15) is 44.5 Å². The third-order valence-corrected chi connectivity index (χ3v) is 12.4. The number of hydrogen-bond acceptors (Lipinski definition) is 1. The second-order valence-electron chi connectivity index (χ2n) is 15.2. The minimum Gasteiger partial charge on any atom is -0.310 e. The lowest BCUT2D eigenvalue weighted by Gasteiger charge is -2.35. The van der Waals surface area contributed by atoms with Crippen molar-refractivity contribution in [1.29, 1.82) is 0 Å². The Labute approximate surface area is 334 Å². The quantitative estimate of drug-likeness (QED) is 0.158. The van der Waals surface area contributed by atoms with Gasteiger partial charge < -0.3 is 4.90 Å². The van der Waals surface area contributed by atoms with E-state index >= 15 is 0 Å². The van der Waals surface area contributed by atoms with Crippen LogP contribution in [0.4, 0.5) is 17.1 Å². The van der Waals surface area contributed by atoms with Crippen LogP contribution in [0.15, 0.2) is 237 Å². The molecule has 0 aliphatic heterocycles. The molecule has 268 valence electrons. The molecule has 0 radical (unpaired) electrons. The van der Waals surface area contributed by atoms with Crippen molar-refractivity contribution in [2.75, 3.05) is 4.90 Å². The standard InChI is InChI=1S/C56H39N/c1-5-19-40(20-6-1)55(51-30-16-13-27-47(51)48-28-14-17-31-52(48)55)43-33-35-45(36-34-43)57(44-25-11-4-12-26-44)46-37-38-50-49-29-15-18-32-53(49)56(54(50)39-46,41-21-7-2-8-22-41)42-23-9-3-10-24-42/h1-39H. The van der Waals surface area contributed by atoms with Crippen molar-refractivity contribution in [3.05, 3.63) is 281 Å². The van der Waals surface area contributed by atoms with E-state index in [0.717, 1.165) is 17.1 Å². The zero-order valence-corrected chi connectivity index (χ0v) is 31.5. The molecule has 0 fully saturated rings. The number of hydrogen-bond donors (Lipinski definition) is 0. The first-order valence-corrected chi connectivity index (χ1v) is 19.9. The first-order chi connectivity index (χ1) is 28.3. The molecule has 0 unspecified atom stereocenters. The zero-order chi connectivity index (χ0) is 37.8. The van der Waals surface area contributed by atoms with E-state index in [9.17, 15) is 0 Å². The second-order valence-corrected chi connectivity index (χ2v) is 15.2. The van der Waals surface area contributed by atoms with Crippen LogP contribution in [0.3, 0.4) is 0 Å². The summed E-state index contributed by atoms with van der Waals surface area (Å²) < 4.78 is 0. The van der Waals surface area contributed by atoms with Gasteiger partial charge in [0.1, 0.15) is 0 Å². The highest BCUT2D eigenvalue weighted by atomic mass is 15.1. The molecule has 2 aliphatic rings. The molecule has 0 amide bonds. The molecule has 0 saturated carbocycles. The van der Waals surface area contributed by atoms with Crippen molar-refractivity contribution in [3.8, 4) is 22.3 Å². The molecule has 11 rings (SSSR count). The van der Waals surface area contributed by atoms with Gasteiger partial charge in [0.15, 0.2) is 0 Å². The number of fused-ring (bicyclic) bond motifs is 6. The predicted molar refractivity (Wildman–Crippen MR) is 236 cm³/mol. The molecular weight excluding hydrogens is 687 g/mol. The highest BCUT2D eigenvalue weighted by Gasteiger charge is 2.47. The molecule has 0 heterocycles. The lowest BCUT2D eigenvalue weighted by molar-refractivity contribution is 0.768. The molecule has 2 aliphatic carbocycles. The van der Waals surface area contributed by atoms with Crippen LogP contribution in [-0.4, -0.2) is 0 Å². The maximum atomic E-state index is 2.45. The average Bonchev–Trinajstić information content (AvgIpc) is 3.76. The summed E-state index contributed by atoms with van der Waals surface area (Å²) in [5.74, 6) is 0. The molecule has 0 spiro atoms. The summed E-state index contributed by atoms with van der Waals surface area (Å²) in [5.41, 5.74) is 17.8. The van der Waals surface area contributed by atoms with Crippen molar-refractivity contribution in [3.63, 3.8) is 0 Å². The van der Waals surface area contributed by atoms with Crippen LogP contribution < -0.4 is 4.90 Å². The molecular formula is C56H39N. The number of rotatable bonds is 7. The third-order valence-electron chi connectivity index (χ3n) is 12.4. The van der Waals surface area contributed by atoms with Crippen molar-refractivity contribution in [2.24, 2.45) is 0 Å². The topological polar surface area (TPSA) is 3.24 Å². The van der Waals surface area contributed by atoms with Crippen LogP contribution in [-0.2, 0) is 10.8 Å². The van der Waals surface area contributed by atoms with Crippen LogP contribution in [0, 0.1) is 0 Å². The number of para-hydroxylation sites is 1. The fraction of sp³-hybridized carbons (Fsp3) is 0.0357. The molecule has 0 bridgehead atoms. The fourth-order valence-corrected chi connectivity index (χ4v) is 10.2. The SMILES string of the molecule is c1ccc(N(c2ccc(C3(c4ccccc4)c4ccccc4-c4ccccc43)cc2)c2ccc3c(c2)C(c2ccccc2)(c2ccccc2)c2ccccc2-3)cc1. The maximum absolute atomic E-state index is 2.45. The van der Waals surface area contributed by atoms with Crippen molar-refractivity contribution in [1.82, 2.24) is 0 Å². The molecule has 1 nitrogen and oxygen atoms in total. The fourth-order valence-electron chi connectivity index (χ4n) is 10.2. The Hall–Kier alpha value is -7.22. The lowest BCUT2D eigenvalue weighted by Crippen LogP contribution is -2.29. The van der Waals surface area contributed by atoms with Gasteiger partial charge in [0.05, 0.1) is 10.8 Å². The van der Waals surface area contributed by atoms with Crippen molar-refractivity contribution in [2.45, 2.75) is 10.8 Å². The van der Waals surface area contributed by atoms with Gasteiger partial charge in [0, 0.05) is 17.1 Å². The average molecular weight is 726 g/mol. The van der Waals surface area contributed by atoms with E-state index in [0.29, 0.717) is 0 Å². The van der Waals surface area contributed by atoms with Crippen LogP contribution in [0.5, 0.6) is 0 Å². The minimum absolute atomic E-state index is 0.450. The summed E-state index contributed by atoms with van der Waals surface area (Å²) >= 11 is 0. The van der Waals surface area contributed by atoms with E-state index in [1.807, 2.05) is 0 Å². The van der Waals surface area contributed by atoms with E-state index in [1.165, 1.54) is 66.8 Å². The summed E-state index contributed by atoms with van der Waals surface area (Å²) in [6, 6.07) is 87.2. The zero-order valence-electron chi connectivity index (χ0n) is 31.5. The summed E-state index contributed by atoms with van der Waals surface area (Å²) in [5, 5.41) is 0. The van der Waals surface area contributed by atoms with Gasteiger partial charge >= 0.3 is 0 Å². The van der Waals surface area contributed by atoms with E-state index in [1.54, 1.807) is 0 Å². The van der Waals surface area contributed by atoms with Gasteiger partial charge in [0.25, 0.3) is 0 Å². The predicted octanol–water partition coefficient (Wildman–Crippen LogP) is 13.9. The number of nitrogens with zero attached hydrogens (tertiary/aromatic N) is 1. The normalized spacial score (nSPS) is 13.9. The molecule has 0 N–H and O–H groups in total. The Morgan fingerprint density at radius 1 is 0.228 bits per heavy atom. The van der Waals surface area contributed by atoms with Crippen LogP contribution in [0.2, 0.25) is 0 Å². The second kappa shape index (κ2) is 13.2. The highest BCUT2D eigenvalue weighted by Crippen LogP contribution is 2.58. The van der Waals surface area contributed by atoms with Crippen molar-refractivity contribution < 1.29 is 0 Å². The van der Waals surface area contributed by atoms with E-state index in [2.05, 4.69) is 241 Å². The molecule has 0 saturated heterocycles. The minimum atomic E-state index is -0.484. The Bertz CT molecular complexity index is 2790. The Morgan fingerprint density at radius 2 is 0.544 bits per heavy atom. The van der Waals surface area contributed by atoms with Gasteiger partial charge in [-0.2, -0.15) is 0 Å². The smallest absolute Gasteiger partial charge is 0.0714 e. The maximum Gasteiger partial charge on any atom is 0.0714 e. The Morgan fingerprint density at radius 3 is 1.00 bits per heavy atom. The van der Waals surface area contributed by atoms with E-state index in [-0.39, 0.29) is 0 Å². The van der Waals surface area contributed by atoms with Gasteiger partial charge in [-0.05, 0) is 103 Å². The molecule has 9 aromatic rings. The van der Waals surface area contributed by atoms with Crippen LogP contribution >= 0.6 is 0 Å². The third kappa shape index (κ3) is 4.82. The Kier molecular flexibility index (Phi) is 7.69. The first-order valence-electron chi connectivity index (χ1n) is 19.9. The molecule has 9 aromatic carbocycles. The lowest BCUT2D eigenvalue weighted by atomic mass is 9.67. The van der Waals surface area contributed by atoms with Gasteiger partial charge in [-0.25, -0.2) is 0 Å². The summed E-state index contributed by atoms with van der Waals surface area (Å²) in [6.45, 7) is 0. The number of benzene rings is 9. The first kappa shape index (κ1) is 33.1. The van der Waals surface area contributed by atoms with E-state index in [4.69, 9.17) is 0 Å². The largest absolute Gasteiger partial charge is 0.310 e. The van der Waals surface area contributed by atoms with Gasteiger partial charge in [0.2, 0.25) is 0 Å². The summed E-state index contributed by atoms with van der Waals surface area (Å²) in [7, 11) is 0. The van der Waals surface area contributed by atoms with Gasteiger partial charge in [-0.15, -0.1) is 0 Å². The molecule has 57 heavy (non-hydrogen) atoms. The Balaban J connectivity index is 1.12. The highest BCUT2D eigenvalue weighted by molar-refractivity contribution is 5.90. The van der Waals surface area contributed by atoms with Gasteiger partial charge in [-0.1, -0.05) is 200 Å². The van der Waals surface area contributed by atoms with E-state index < -0.39 is 10.8 Å². The summed E-state index contributed by atoms with van der Waals surface area (Å²) in [4.78, 5) is 2.42. The monoisotopic (exact) mass is 725 g/mol. The van der Waals surface area contributed by atoms with Crippen molar-refractivity contribution >= 4 is 17.1 Å². The summed E-state index contributed by atoms with van der Waals surface area (Å²) in [6.07, 6.45) is 0.